The van der Waals surface area contributed by atoms with Crippen LogP contribution in [-0.2, 0) is 14.3 Å². The molecule has 6 rings (SSSR count). The van der Waals surface area contributed by atoms with E-state index in [0.29, 0.717) is 52.9 Å². The third kappa shape index (κ3) is 9.71. The smallest absolute Gasteiger partial charge is 0.487 e. The van der Waals surface area contributed by atoms with Crippen molar-refractivity contribution in [3.05, 3.63) is 77.5 Å². The molecule has 14 nitrogen and oxygen atoms in total. The molecular formula is C31H34F3N7O7. The highest BCUT2D eigenvalue weighted by Gasteiger charge is 2.38. The quantitative estimate of drug-likeness (QED) is 0.250. The van der Waals surface area contributed by atoms with Gasteiger partial charge < -0.3 is 35.3 Å². The van der Waals surface area contributed by atoms with Crippen molar-refractivity contribution in [1.29, 1.82) is 0 Å². The topological polar surface area (TPSA) is 190 Å². The molecule has 256 valence electrons. The van der Waals surface area contributed by atoms with Crippen LogP contribution in [0.3, 0.4) is 0 Å². The number of pyridine rings is 1. The molecule has 2 aromatic carbocycles. The zero-order valence-corrected chi connectivity index (χ0v) is 25.9. The minimum atomic E-state index is -5.08. The molecule has 48 heavy (non-hydrogen) atoms. The van der Waals surface area contributed by atoms with Crippen molar-refractivity contribution in [2.24, 2.45) is 10.7 Å². The number of nitrogens with one attached hydrogen (secondary N) is 3. The number of morpholine rings is 1. The second kappa shape index (κ2) is 15.8. The lowest BCUT2D eigenvalue weighted by Crippen LogP contribution is -2.45. The van der Waals surface area contributed by atoms with Gasteiger partial charge in [0.05, 0.1) is 24.9 Å². The zero-order valence-electron chi connectivity index (χ0n) is 25.9. The van der Waals surface area contributed by atoms with Crippen LogP contribution in [0, 0.1) is 0 Å². The van der Waals surface area contributed by atoms with Gasteiger partial charge in [-0.1, -0.05) is 6.07 Å². The number of benzene rings is 2. The summed E-state index contributed by atoms with van der Waals surface area (Å²) in [6.45, 7) is 6.53. The number of nitrogens with two attached hydrogens (primary N) is 1. The first-order valence-corrected chi connectivity index (χ1v) is 14.6. The molecule has 6 N–H and O–H groups in total. The van der Waals surface area contributed by atoms with Gasteiger partial charge in [0.1, 0.15) is 17.7 Å². The van der Waals surface area contributed by atoms with E-state index in [1.807, 2.05) is 13.8 Å². The maximum Gasteiger partial charge on any atom is 0.490 e. The molecule has 1 atom stereocenters. The number of aromatic nitrogens is 1. The second-order valence-corrected chi connectivity index (χ2v) is 10.6. The van der Waals surface area contributed by atoms with E-state index in [1.54, 1.807) is 54.6 Å². The Morgan fingerprint density at radius 3 is 2.35 bits per heavy atom. The number of amidine groups is 1. The number of carboxylic acid groups (broad SMARTS) is 1. The molecule has 0 radical (unpaired) electrons. The highest BCUT2D eigenvalue weighted by atomic mass is 19.4. The molecule has 17 heteroatoms. The molecule has 4 bridgehead atoms. The van der Waals surface area contributed by atoms with Crippen molar-refractivity contribution in [1.82, 2.24) is 15.8 Å². The molecule has 4 heterocycles. The number of rotatable bonds is 5. The van der Waals surface area contributed by atoms with Crippen molar-refractivity contribution in [3.63, 3.8) is 0 Å². The highest BCUT2D eigenvalue weighted by molar-refractivity contribution is 5.98. The predicted octanol–water partition coefficient (Wildman–Crippen LogP) is 3.01. The number of carbonyl (C=O) groups is 3. The average Bonchev–Trinajstić information content (AvgIpc) is 3.08. The third-order valence-corrected chi connectivity index (χ3v) is 6.76. The van der Waals surface area contributed by atoms with E-state index in [9.17, 15) is 22.8 Å². The summed E-state index contributed by atoms with van der Waals surface area (Å²) in [5.74, 6) is -1.74. The van der Waals surface area contributed by atoms with Gasteiger partial charge >= 0.3 is 12.1 Å². The van der Waals surface area contributed by atoms with Crippen molar-refractivity contribution in [3.8, 4) is 11.5 Å². The maximum atomic E-state index is 13.5. The number of alkyl halides is 3. The molecule has 0 aliphatic carbocycles. The van der Waals surface area contributed by atoms with E-state index in [0.717, 1.165) is 18.9 Å². The molecule has 1 unspecified atom stereocenters. The van der Waals surface area contributed by atoms with E-state index in [-0.39, 0.29) is 12.8 Å². The van der Waals surface area contributed by atoms with Crippen molar-refractivity contribution < 1.29 is 46.9 Å². The van der Waals surface area contributed by atoms with Crippen molar-refractivity contribution in [2.45, 2.75) is 32.2 Å². The van der Waals surface area contributed by atoms with E-state index in [2.05, 4.69) is 31.0 Å². The average molecular weight is 674 g/mol. The van der Waals surface area contributed by atoms with Gasteiger partial charge in [-0.3, -0.25) is 20.4 Å². The summed E-state index contributed by atoms with van der Waals surface area (Å²) < 4.78 is 48.9. The Kier molecular flexibility index (Phi) is 11.6. The van der Waals surface area contributed by atoms with Gasteiger partial charge in [-0.25, -0.2) is 14.8 Å². The van der Waals surface area contributed by atoms with E-state index in [4.69, 9.17) is 29.8 Å². The summed E-state index contributed by atoms with van der Waals surface area (Å²) in [7, 11) is 0. The molecule has 2 amide bonds. The number of fused-ring (bicyclic) bond motifs is 5. The lowest BCUT2D eigenvalue weighted by molar-refractivity contribution is -0.192. The lowest BCUT2D eigenvalue weighted by Gasteiger charge is -2.27. The largest absolute Gasteiger partial charge is 0.490 e. The molecule has 3 aliphatic rings. The van der Waals surface area contributed by atoms with Gasteiger partial charge in [-0.2, -0.15) is 13.2 Å². The van der Waals surface area contributed by atoms with Gasteiger partial charge in [0.25, 0.3) is 11.8 Å². The first-order chi connectivity index (χ1) is 22.8. The minimum absolute atomic E-state index is 0.0375. The number of aliphatic imine (C=N–C) groups is 1. The molecule has 1 saturated heterocycles. The van der Waals surface area contributed by atoms with Crippen LogP contribution in [0.1, 0.15) is 41.4 Å². The third-order valence-electron chi connectivity index (χ3n) is 6.76. The molecular weight excluding hydrogens is 639 g/mol. The molecule has 1 fully saturated rings. The number of aliphatic carboxylic acids is 1. The standard InChI is InChI=1S/C29H33N7O5.C2HF3O2/c1-18(2)41-23-9-5-20-15-24(23)40-17-32-27(30)19-3-7-22(8-4-19)33-26(20)29(38)35-34-28(37)21-6-10-25(31-16-21)36-11-13-39-14-12-36;3-2(4,5)1(6)7/h3-10,15-16,18,26,33H,11-14,17H2,1-2H3,(H2,30,32)(H,34,37)(H,35,38);(H,6,7). The highest BCUT2D eigenvalue weighted by Crippen LogP contribution is 2.33. The minimum Gasteiger partial charge on any atom is -0.487 e. The fourth-order valence-corrected chi connectivity index (χ4v) is 4.40. The Bertz CT molecular complexity index is 1610. The van der Waals surface area contributed by atoms with Crippen molar-refractivity contribution in [2.75, 3.05) is 43.3 Å². The van der Waals surface area contributed by atoms with Gasteiger partial charge in [0.15, 0.2) is 18.2 Å². The summed E-state index contributed by atoms with van der Waals surface area (Å²) >= 11 is 0. The number of halogens is 3. The summed E-state index contributed by atoms with van der Waals surface area (Å²) in [4.78, 5) is 46.0. The summed E-state index contributed by atoms with van der Waals surface area (Å²) in [6.07, 6.45) is -3.70. The normalized spacial score (nSPS) is 17.0. The number of carbonyl (C=O) groups excluding carboxylic acids is 2. The predicted molar refractivity (Wildman–Crippen MR) is 168 cm³/mol. The van der Waals surface area contributed by atoms with E-state index in [1.165, 1.54) is 6.20 Å². The number of nitrogens with zero attached hydrogens (tertiary/aromatic N) is 3. The van der Waals surface area contributed by atoms with Crippen LogP contribution < -0.4 is 36.3 Å². The SMILES string of the molecule is CC(C)Oc1ccc2cc1OC/N=C(/N)c1ccc(cc1)NC2C(=O)NNC(=O)c1ccc(N2CCOCC2)nc1.O=C(O)C(F)(F)F. The van der Waals surface area contributed by atoms with Crippen LogP contribution in [0.2, 0.25) is 0 Å². The number of hydrazine groups is 1. The fourth-order valence-electron chi connectivity index (χ4n) is 4.40. The summed E-state index contributed by atoms with van der Waals surface area (Å²) in [5.41, 5.74) is 13.4. The van der Waals surface area contributed by atoms with Crippen LogP contribution in [-0.4, -0.2) is 79.0 Å². The van der Waals surface area contributed by atoms with Crippen LogP contribution in [0.25, 0.3) is 0 Å². The first-order valence-electron chi connectivity index (χ1n) is 14.6. The monoisotopic (exact) mass is 673 g/mol. The van der Waals surface area contributed by atoms with Gasteiger partial charge in [0, 0.05) is 30.5 Å². The Morgan fingerprint density at radius 2 is 1.75 bits per heavy atom. The Labute approximate surface area is 273 Å². The Balaban J connectivity index is 0.000000671. The number of hydrogen-bond acceptors (Lipinski definition) is 11. The second-order valence-electron chi connectivity index (χ2n) is 10.6. The number of ether oxygens (including phenoxy) is 3. The van der Waals surface area contributed by atoms with Crippen LogP contribution >= 0.6 is 0 Å². The van der Waals surface area contributed by atoms with Crippen LogP contribution in [0.15, 0.2) is 65.8 Å². The maximum absolute atomic E-state index is 13.5. The molecule has 0 saturated carbocycles. The summed E-state index contributed by atoms with van der Waals surface area (Å²) in [6, 6.07) is 15.0. The number of anilines is 2. The first kappa shape index (κ1) is 35.3. The molecule has 0 spiro atoms. The van der Waals surface area contributed by atoms with E-state index >= 15 is 0 Å². The zero-order chi connectivity index (χ0) is 34.8. The molecule has 3 aliphatic heterocycles. The molecule has 3 aromatic rings. The Morgan fingerprint density at radius 1 is 1.06 bits per heavy atom. The number of carboxylic acids is 1. The Hall–Kier alpha value is -5.58. The van der Waals surface area contributed by atoms with Gasteiger partial charge in [-0.15, -0.1) is 0 Å². The van der Waals surface area contributed by atoms with Crippen LogP contribution in [0.5, 0.6) is 11.5 Å². The van der Waals surface area contributed by atoms with E-state index < -0.39 is 30.0 Å². The van der Waals surface area contributed by atoms with Gasteiger partial charge in [0.2, 0.25) is 0 Å². The lowest BCUT2D eigenvalue weighted by atomic mass is 10.0. The number of hydrogen-bond donors (Lipinski definition) is 5. The van der Waals surface area contributed by atoms with Gasteiger partial charge in [-0.05, 0) is 67.9 Å². The summed E-state index contributed by atoms with van der Waals surface area (Å²) in [5, 5.41) is 10.4. The van der Waals surface area contributed by atoms with Crippen LogP contribution in [0.4, 0.5) is 24.7 Å². The fraction of sp³-hybridized carbons (Fsp3) is 0.323. The molecule has 1 aromatic heterocycles. The number of amides is 2. The van der Waals surface area contributed by atoms with Crippen molar-refractivity contribution >= 4 is 35.1 Å².